The molecule has 8 heteroatoms. The Kier molecular flexibility index (Phi) is 2.90. The van der Waals surface area contributed by atoms with E-state index in [9.17, 15) is 0 Å². The van der Waals surface area contributed by atoms with E-state index in [2.05, 4.69) is 13.6 Å². The molecular formula is H7CaO5PSi. The van der Waals surface area contributed by atoms with E-state index in [-0.39, 0.29) is 51.1 Å². The van der Waals surface area contributed by atoms with Crippen LogP contribution in [0.25, 0.3) is 0 Å². The average Bonchev–Trinajstić information content (AvgIpc) is 2.20. The maximum Gasteiger partial charge on any atom is 2.00 e. The molecule has 1 fully saturated rings. The molecule has 1 heterocycles. The molecular weight excluding hydrogens is 179 g/mol. The SMILES string of the molecule is OP1(O)(O[SiH3])OO1.[Ca+2].[H-].[H-]. The van der Waals surface area contributed by atoms with Crippen LogP contribution in [0.4, 0.5) is 0 Å². The minimum Gasteiger partial charge on any atom is -1.00 e. The Morgan fingerprint density at radius 1 is 1.50 bits per heavy atom. The summed E-state index contributed by atoms with van der Waals surface area (Å²) in [7, 11) is -4.07. The number of hydrogen-bond donors (Lipinski definition) is 2. The van der Waals surface area contributed by atoms with Gasteiger partial charge in [-0.3, -0.25) is 0 Å². The third-order valence-electron chi connectivity index (χ3n) is 0.581. The molecule has 8 heavy (non-hydrogen) atoms. The first-order valence-electron chi connectivity index (χ1n) is 1.52. The molecule has 0 amide bonds. The smallest absolute Gasteiger partial charge is 1.00 e. The van der Waals surface area contributed by atoms with E-state index in [0.717, 1.165) is 0 Å². The van der Waals surface area contributed by atoms with Crippen LogP contribution >= 0.6 is 7.74 Å². The molecule has 0 aromatic carbocycles. The predicted octanol–water partition coefficient (Wildman–Crippen LogP) is -1.80. The van der Waals surface area contributed by atoms with Gasteiger partial charge in [0.2, 0.25) is 0 Å². The molecule has 0 aromatic rings. The molecule has 1 aliphatic heterocycles. The van der Waals surface area contributed by atoms with Crippen molar-refractivity contribution in [1.82, 2.24) is 0 Å². The van der Waals surface area contributed by atoms with Gasteiger partial charge < -0.3 is 2.85 Å². The summed E-state index contributed by atoms with van der Waals surface area (Å²) in [6.07, 6.45) is 0. The minimum absolute atomic E-state index is 0. The summed E-state index contributed by atoms with van der Waals surface area (Å²) < 4.78 is 11.7. The van der Waals surface area contributed by atoms with Crippen molar-refractivity contribution in [2.45, 2.75) is 0 Å². The molecule has 0 aliphatic carbocycles. The quantitative estimate of drug-likeness (QED) is 0.219. The Labute approximate surface area is 81.7 Å². The van der Waals surface area contributed by atoms with E-state index in [4.69, 9.17) is 9.79 Å². The number of hydrogen-bond acceptors (Lipinski definition) is 5. The topological polar surface area (TPSA) is 74.8 Å². The molecule has 0 saturated carbocycles. The summed E-state index contributed by atoms with van der Waals surface area (Å²) >= 11 is 0. The van der Waals surface area contributed by atoms with Crippen molar-refractivity contribution < 1.29 is 26.2 Å². The van der Waals surface area contributed by atoms with Crippen LogP contribution in [0.2, 0.25) is 0 Å². The summed E-state index contributed by atoms with van der Waals surface area (Å²) in [6.45, 7) is 0. The minimum atomic E-state index is -4.26. The molecule has 0 spiro atoms. The van der Waals surface area contributed by atoms with Gasteiger partial charge in [0.05, 0.1) is 0 Å². The van der Waals surface area contributed by atoms with E-state index in [1.807, 2.05) is 0 Å². The third kappa shape index (κ3) is 2.15. The summed E-state index contributed by atoms with van der Waals surface area (Å²) in [5.74, 6) is 0. The van der Waals surface area contributed by atoms with Gasteiger partial charge in [-0.1, -0.05) is 0 Å². The van der Waals surface area contributed by atoms with Gasteiger partial charge in [0.15, 0.2) is 0 Å². The van der Waals surface area contributed by atoms with E-state index >= 15 is 0 Å². The molecule has 2 N–H and O–H groups in total. The second-order valence-corrected chi connectivity index (χ2v) is 4.50. The zero-order chi connectivity index (χ0) is 5.57. The van der Waals surface area contributed by atoms with Gasteiger partial charge in [-0.25, -0.2) is 0 Å². The Hall–Kier alpha value is 1.71. The average molecular weight is 186 g/mol. The van der Waals surface area contributed by atoms with Crippen molar-refractivity contribution in [1.29, 1.82) is 0 Å². The van der Waals surface area contributed by atoms with Gasteiger partial charge in [-0.2, -0.15) is 0 Å². The Balaban J connectivity index is -0.000000163. The monoisotopic (exact) mass is 186 g/mol. The van der Waals surface area contributed by atoms with Crippen molar-refractivity contribution in [2.24, 2.45) is 0 Å². The van der Waals surface area contributed by atoms with Crippen LogP contribution < -0.4 is 0 Å². The van der Waals surface area contributed by atoms with Crippen molar-refractivity contribution >= 4 is 56.0 Å². The van der Waals surface area contributed by atoms with Gasteiger partial charge in [0, 0.05) is 0 Å². The fourth-order valence-corrected chi connectivity index (χ4v) is 0.939. The van der Waals surface area contributed by atoms with Crippen LogP contribution in [0.1, 0.15) is 2.85 Å². The first-order chi connectivity index (χ1) is 3.05. The third-order valence-corrected chi connectivity index (χ3v) is 3.62. The number of rotatable bonds is 1. The molecule has 48 valence electrons. The standard InChI is InChI=1S/Ca.H5O5PSi.2H/c;1-6(2,5-7)3-4-6;;/h;1-2H,7H3;;/q+2;;2*-1. The molecule has 1 aliphatic rings. The van der Waals surface area contributed by atoms with Crippen molar-refractivity contribution in [2.75, 3.05) is 0 Å². The Bertz CT molecular complexity index is 102. The van der Waals surface area contributed by atoms with E-state index < -0.39 is 7.74 Å². The van der Waals surface area contributed by atoms with Crippen LogP contribution in [0.3, 0.4) is 0 Å². The second-order valence-electron chi connectivity index (χ2n) is 1.13. The fraction of sp³-hybridized carbons (Fsp3) is 0. The Morgan fingerprint density at radius 2 is 1.88 bits per heavy atom. The largest absolute Gasteiger partial charge is 2.00 e. The van der Waals surface area contributed by atoms with E-state index in [0.29, 0.717) is 0 Å². The van der Waals surface area contributed by atoms with E-state index in [1.54, 1.807) is 0 Å². The normalized spacial score (nSPS) is 34.0. The molecule has 0 aromatic heterocycles. The van der Waals surface area contributed by atoms with E-state index in [1.165, 1.54) is 0 Å². The molecule has 0 radical (unpaired) electrons. The first kappa shape index (κ1) is 9.71. The van der Waals surface area contributed by atoms with Crippen LogP contribution in [0, 0.1) is 0 Å². The van der Waals surface area contributed by atoms with Crippen LogP contribution in [-0.2, 0) is 13.6 Å². The maximum absolute atomic E-state index is 8.46. The fourth-order valence-electron chi connectivity index (χ4n) is 0.104. The van der Waals surface area contributed by atoms with Crippen molar-refractivity contribution in [3.05, 3.63) is 0 Å². The van der Waals surface area contributed by atoms with Crippen molar-refractivity contribution in [3.63, 3.8) is 0 Å². The second kappa shape index (κ2) is 2.39. The molecule has 5 nitrogen and oxygen atoms in total. The van der Waals surface area contributed by atoms with Gasteiger partial charge in [0.1, 0.15) is 0 Å². The van der Waals surface area contributed by atoms with Gasteiger partial charge in [-0.05, 0) is 0 Å². The van der Waals surface area contributed by atoms with Gasteiger partial charge >= 0.3 is 79.3 Å². The molecule has 0 unspecified atom stereocenters. The van der Waals surface area contributed by atoms with Gasteiger partial charge in [0.25, 0.3) is 0 Å². The molecule has 1 saturated heterocycles. The molecule has 1 rings (SSSR count). The molecule has 0 bridgehead atoms. The summed E-state index contributed by atoms with van der Waals surface area (Å²) in [6, 6.07) is 0. The summed E-state index contributed by atoms with van der Waals surface area (Å²) in [4.78, 5) is 16.9. The predicted molar refractivity (Wildman–Crippen MR) is 32.5 cm³/mol. The summed E-state index contributed by atoms with van der Waals surface area (Å²) in [5, 5.41) is 0. The van der Waals surface area contributed by atoms with Crippen LogP contribution in [0.5, 0.6) is 0 Å². The zero-order valence-corrected chi connectivity index (χ0v) is 9.38. The first-order valence-corrected chi connectivity index (χ1v) is 4.23. The molecule has 0 atom stereocenters. The Morgan fingerprint density at radius 3 is 1.88 bits per heavy atom. The zero-order valence-electron chi connectivity index (χ0n) is 6.27. The van der Waals surface area contributed by atoms with Crippen LogP contribution in [-0.4, -0.2) is 58.0 Å². The van der Waals surface area contributed by atoms with Crippen molar-refractivity contribution in [3.8, 4) is 0 Å². The van der Waals surface area contributed by atoms with Gasteiger partial charge in [-0.15, -0.1) is 0 Å². The summed E-state index contributed by atoms with van der Waals surface area (Å²) in [5.41, 5.74) is 0. The maximum atomic E-state index is 8.46. The van der Waals surface area contributed by atoms with Crippen LogP contribution in [0.15, 0.2) is 0 Å².